The van der Waals surface area contributed by atoms with Crippen LogP contribution < -0.4 is 5.32 Å². The van der Waals surface area contributed by atoms with Crippen LogP contribution in [0.5, 0.6) is 0 Å². The lowest BCUT2D eigenvalue weighted by Crippen LogP contribution is -2.52. The van der Waals surface area contributed by atoms with Crippen LogP contribution >= 0.6 is 22.9 Å². The maximum Gasteiger partial charge on any atom is 0.255 e. The van der Waals surface area contributed by atoms with Crippen molar-refractivity contribution in [3.8, 4) is 28.7 Å². The summed E-state index contributed by atoms with van der Waals surface area (Å²) in [6.45, 7) is 9.98. The molecule has 69 heavy (non-hydrogen) atoms. The second-order valence-corrected chi connectivity index (χ2v) is 18.6. The Labute approximate surface area is 408 Å². The number of piperidine rings is 1. The highest BCUT2D eigenvalue weighted by molar-refractivity contribution is 7.15. The fraction of sp³-hybridized carbons (Fsp3) is 0.400. The molecular weight excluding hydrogens is 920 g/mol. The number of halogens is 1. The van der Waals surface area contributed by atoms with Gasteiger partial charge in [-0.2, -0.15) is 5.10 Å². The third-order valence-corrected chi connectivity index (χ3v) is 13.9. The average molecular weight is 972 g/mol. The molecular formula is C50H51ClN10O7S. The Bertz CT molecular complexity index is 2930. The number of hydrogen-bond donors (Lipinski definition) is 1. The summed E-state index contributed by atoms with van der Waals surface area (Å²) in [4.78, 5) is 62.6. The van der Waals surface area contributed by atoms with E-state index in [4.69, 9.17) is 30.8 Å². The lowest BCUT2D eigenvalue weighted by atomic mass is 9.99. The predicted octanol–water partition coefficient (Wildman–Crippen LogP) is 4.11. The summed E-state index contributed by atoms with van der Waals surface area (Å²) >= 11 is 7.89. The van der Waals surface area contributed by atoms with Gasteiger partial charge in [0.1, 0.15) is 29.5 Å². The van der Waals surface area contributed by atoms with Gasteiger partial charge in [0.2, 0.25) is 17.7 Å². The van der Waals surface area contributed by atoms with Gasteiger partial charge in [-0.15, -0.1) is 21.5 Å². The molecule has 0 saturated carbocycles. The lowest BCUT2D eigenvalue weighted by molar-refractivity contribution is -0.137. The molecule has 2 fully saturated rings. The number of ether oxygens (including phenoxy) is 3. The first-order valence-corrected chi connectivity index (χ1v) is 24.1. The summed E-state index contributed by atoms with van der Waals surface area (Å²) in [5.41, 5.74) is 6.30. The topological polar surface area (TPSA) is 179 Å². The molecule has 0 radical (unpaired) electrons. The lowest BCUT2D eigenvalue weighted by Gasteiger charge is -2.33. The van der Waals surface area contributed by atoms with Crippen LogP contribution in [-0.2, 0) is 41.7 Å². The number of carbonyl (C=O) groups excluding carboxylic acids is 4. The van der Waals surface area contributed by atoms with E-state index in [1.54, 1.807) is 34.3 Å². The zero-order chi connectivity index (χ0) is 48.0. The zero-order valence-corrected chi connectivity index (χ0v) is 40.2. The number of fused-ring (bicyclic) bond motifs is 4. The van der Waals surface area contributed by atoms with Crippen molar-refractivity contribution in [1.82, 2.24) is 44.6 Å². The Morgan fingerprint density at radius 2 is 1.70 bits per heavy atom. The van der Waals surface area contributed by atoms with Crippen molar-refractivity contribution in [2.24, 2.45) is 4.99 Å². The molecule has 0 bridgehead atoms. The van der Waals surface area contributed by atoms with Crippen molar-refractivity contribution >= 4 is 52.3 Å². The SMILES string of the molecule is Cc1c(C#Cc2cnn(CCOCCOCCOCC#Cc3cccc4c3CN(C3CCC(=O)NC3=O)C4=O)c2)sc2c1C(c1ccc(Cl)cc1)=N[C@@H](CC(=O)N1CCN(C)CC1)c1nnc(C)n1-2. The van der Waals surface area contributed by atoms with Crippen LogP contribution in [0.2, 0.25) is 5.02 Å². The Hall–Kier alpha value is -6.51. The summed E-state index contributed by atoms with van der Waals surface area (Å²) < 4.78 is 20.9. The number of aryl methyl sites for hydroxylation is 1. The minimum absolute atomic E-state index is 0.0476. The molecule has 4 aliphatic heterocycles. The van der Waals surface area contributed by atoms with Crippen molar-refractivity contribution in [2.45, 2.75) is 58.3 Å². The van der Waals surface area contributed by atoms with E-state index in [0.717, 1.165) is 56.5 Å². The van der Waals surface area contributed by atoms with E-state index in [1.165, 1.54) is 4.90 Å². The van der Waals surface area contributed by atoms with Crippen molar-refractivity contribution < 1.29 is 33.4 Å². The van der Waals surface area contributed by atoms with Crippen LogP contribution in [-0.4, -0.2) is 147 Å². The van der Waals surface area contributed by atoms with Crippen LogP contribution in [0.15, 0.2) is 59.9 Å². The van der Waals surface area contributed by atoms with Crippen LogP contribution in [0.1, 0.15) is 85.6 Å². The van der Waals surface area contributed by atoms with Crippen molar-refractivity contribution in [3.05, 3.63) is 115 Å². The highest BCUT2D eigenvalue weighted by Crippen LogP contribution is 2.40. The van der Waals surface area contributed by atoms with Crippen LogP contribution in [0.4, 0.5) is 0 Å². The average Bonchev–Trinajstić information content (AvgIpc) is 4.10. The standard InChI is InChI=1S/C50H51ClN10O7S/c1-32-42(69-50-45(32)46(36-10-12-37(51)13-11-36)53-40(47-56-55-33(2)61(47)50)28-44(63)58-19-17-57(3)18-20-58)15-9-34-29-52-59(30-34)21-23-67-25-27-68-26-24-66-22-5-7-35-6-4-8-38-39(35)31-60(49(38)65)41-14-16-43(62)54-48(41)64/h4,6,8,10-13,29-30,40-41H,14,16-28,31H2,1-3H3,(H,54,62,64)/t40-,41?/m0/s1. The molecule has 4 amide bonds. The van der Waals surface area contributed by atoms with Gasteiger partial charge in [-0.3, -0.25) is 38.7 Å². The number of aromatic nitrogens is 5. The monoisotopic (exact) mass is 970 g/mol. The molecule has 7 heterocycles. The number of thiophene rings is 1. The fourth-order valence-electron chi connectivity index (χ4n) is 8.73. The maximum atomic E-state index is 13.7. The van der Waals surface area contributed by atoms with E-state index in [2.05, 4.69) is 63.2 Å². The summed E-state index contributed by atoms with van der Waals surface area (Å²) in [5.74, 6) is 13.2. The fourth-order valence-corrected chi connectivity index (χ4v) is 10.1. The summed E-state index contributed by atoms with van der Waals surface area (Å²) in [6, 6.07) is 11.8. The Morgan fingerprint density at radius 1 is 0.928 bits per heavy atom. The number of benzene rings is 2. The molecule has 2 aromatic carbocycles. The molecule has 2 atom stereocenters. The molecule has 2 saturated heterocycles. The second-order valence-electron chi connectivity index (χ2n) is 17.1. The van der Waals surface area contributed by atoms with Crippen molar-refractivity contribution in [3.63, 3.8) is 0 Å². The summed E-state index contributed by atoms with van der Waals surface area (Å²) in [7, 11) is 2.07. The second kappa shape index (κ2) is 21.4. The predicted molar refractivity (Wildman–Crippen MR) is 257 cm³/mol. The maximum absolute atomic E-state index is 13.7. The zero-order valence-electron chi connectivity index (χ0n) is 38.6. The highest BCUT2D eigenvalue weighted by Gasteiger charge is 2.40. The minimum atomic E-state index is -0.674. The third-order valence-electron chi connectivity index (χ3n) is 12.5. The van der Waals surface area contributed by atoms with Gasteiger partial charge < -0.3 is 28.9 Å². The van der Waals surface area contributed by atoms with Gasteiger partial charge in [0, 0.05) is 72.6 Å². The first-order chi connectivity index (χ1) is 33.5. The smallest absolute Gasteiger partial charge is 0.255 e. The van der Waals surface area contributed by atoms with Gasteiger partial charge in [-0.05, 0) is 62.7 Å². The minimum Gasteiger partial charge on any atom is -0.377 e. The van der Waals surface area contributed by atoms with E-state index < -0.39 is 18.0 Å². The molecule has 5 aromatic rings. The van der Waals surface area contributed by atoms with Gasteiger partial charge in [-0.1, -0.05) is 53.5 Å². The molecule has 9 rings (SSSR count). The number of likely N-dealkylation sites (N-methyl/N-ethyl adjacent to an activating group) is 1. The third kappa shape index (κ3) is 10.7. The van der Waals surface area contributed by atoms with Gasteiger partial charge in [0.25, 0.3) is 5.91 Å². The van der Waals surface area contributed by atoms with Crippen LogP contribution in [0.25, 0.3) is 5.00 Å². The number of nitrogens with zero attached hydrogens (tertiary/aromatic N) is 9. The first-order valence-electron chi connectivity index (χ1n) is 22.9. The molecule has 0 aliphatic carbocycles. The number of aliphatic imine (C=N–C) groups is 1. The number of piperazine rings is 1. The highest BCUT2D eigenvalue weighted by atomic mass is 35.5. The van der Waals surface area contributed by atoms with Gasteiger partial charge in [-0.25, -0.2) is 0 Å². The van der Waals surface area contributed by atoms with Crippen molar-refractivity contribution in [1.29, 1.82) is 0 Å². The van der Waals surface area contributed by atoms with E-state index in [9.17, 15) is 19.2 Å². The van der Waals surface area contributed by atoms with Crippen molar-refractivity contribution in [2.75, 3.05) is 72.9 Å². The quantitative estimate of drug-likeness (QED) is 0.0963. The Kier molecular flexibility index (Phi) is 14.8. The summed E-state index contributed by atoms with van der Waals surface area (Å²) in [6.07, 6.45) is 4.33. The number of amides is 4. The Balaban J connectivity index is 0.746. The first kappa shape index (κ1) is 47.6. The number of carbonyl (C=O) groups is 4. The number of hydrogen-bond acceptors (Lipinski definition) is 13. The molecule has 3 aromatic heterocycles. The largest absolute Gasteiger partial charge is 0.377 e. The van der Waals surface area contributed by atoms with Gasteiger partial charge in [0.15, 0.2) is 5.82 Å². The van der Waals surface area contributed by atoms with Crippen LogP contribution in [0, 0.1) is 37.5 Å². The summed E-state index contributed by atoms with van der Waals surface area (Å²) in [5, 5.41) is 17.4. The number of imide groups is 1. The van der Waals surface area contributed by atoms with Gasteiger partial charge >= 0.3 is 0 Å². The van der Waals surface area contributed by atoms with E-state index in [1.807, 2.05) is 52.9 Å². The van der Waals surface area contributed by atoms with E-state index >= 15 is 0 Å². The molecule has 356 valence electrons. The molecule has 1 unspecified atom stereocenters. The van der Waals surface area contributed by atoms with Gasteiger partial charge in [0.05, 0.1) is 68.3 Å². The van der Waals surface area contributed by atoms with E-state index in [-0.39, 0.29) is 43.7 Å². The van der Waals surface area contributed by atoms with Crippen LogP contribution in [0.3, 0.4) is 0 Å². The molecule has 1 N–H and O–H groups in total. The molecule has 17 nitrogen and oxygen atoms in total. The van der Waals surface area contributed by atoms with E-state index in [0.29, 0.717) is 86.9 Å². The number of nitrogens with one attached hydrogen (secondary N) is 1. The normalized spacial score (nSPS) is 17.8. The molecule has 19 heteroatoms. The molecule has 4 aliphatic rings. The Morgan fingerprint density at radius 3 is 2.48 bits per heavy atom. The molecule has 0 spiro atoms. The number of rotatable bonds is 14.